The minimum atomic E-state index is -0.619. The number of carbonyl (C=O) groups excluding carboxylic acids is 1. The van der Waals surface area contributed by atoms with Crippen LogP contribution in [0, 0.1) is 0 Å². The van der Waals surface area contributed by atoms with Crippen molar-refractivity contribution in [1.29, 1.82) is 0 Å². The molecular weight excluding hydrogens is 346 g/mol. The second-order valence-electron chi connectivity index (χ2n) is 6.59. The number of ether oxygens (including phenoxy) is 1. The highest BCUT2D eigenvalue weighted by Crippen LogP contribution is 2.29. The summed E-state index contributed by atoms with van der Waals surface area (Å²) in [6, 6.07) is 2.59. The van der Waals surface area contributed by atoms with E-state index in [0.29, 0.717) is 18.4 Å². The van der Waals surface area contributed by atoms with Gasteiger partial charge in [0.05, 0.1) is 5.71 Å². The number of allylic oxidation sites excluding steroid dienone is 1. The molecule has 1 unspecified atom stereocenters. The van der Waals surface area contributed by atoms with Gasteiger partial charge in [0.1, 0.15) is 29.8 Å². The largest absolute Gasteiger partial charge is 0.508 e. The zero-order valence-corrected chi connectivity index (χ0v) is 15.7. The van der Waals surface area contributed by atoms with Crippen LogP contribution < -0.4 is 0 Å². The number of hydrogen-bond donors (Lipinski definition) is 2. The van der Waals surface area contributed by atoms with E-state index in [-0.39, 0.29) is 36.2 Å². The molecule has 1 atom stereocenters. The number of oxime groups is 1. The molecule has 1 aliphatic heterocycles. The Kier molecular flexibility index (Phi) is 7.92. The van der Waals surface area contributed by atoms with Crippen molar-refractivity contribution in [3.05, 3.63) is 48.1 Å². The van der Waals surface area contributed by atoms with E-state index in [1.54, 1.807) is 13.0 Å². The fourth-order valence-electron chi connectivity index (χ4n) is 2.90. The number of aromatic hydroxyl groups is 2. The Bertz CT molecular complexity index is 724. The molecule has 27 heavy (non-hydrogen) atoms. The lowest BCUT2D eigenvalue weighted by Crippen LogP contribution is -2.17. The van der Waals surface area contributed by atoms with Crippen LogP contribution in [0.1, 0.15) is 54.9 Å². The van der Waals surface area contributed by atoms with Gasteiger partial charge in [0, 0.05) is 18.9 Å². The Labute approximate surface area is 159 Å². The second kappa shape index (κ2) is 10.4. The van der Waals surface area contributed by atoms with E-state index < -0.39 is 5.97 Å². The molecule has 6 heteroatoms. The molecule has 0 saturated carbocycles. The van der Waals surface area contributed by atoms with Gasteiger partial charge in [0.25, 0.3) is 0 Å². The van der Waals surface area contributed by atoms with Crippen molar-refractivity contribution in [3.63, 3.8) is 0 Å². The van der Waals surface area contributed by atoms with Gasteiger partial charge in [0.15, 0.2) is 0 Å². The molecular formula is C21H27NO5. The SMILES string of the molecule is C=CCO/N=C1\CCCC/C=C/CC(C)OC(=O)c2c(O)cc(O)cc2C1. The summed E-state index contributed by atoms with van der Waals surface area (Å²) in [5.74, 6) is -1.05. The van der Waals surface area contributed by atoms with E-state index in [1.807, 2.05) is 6.08 Å². The number of rotatable bonds is 3. The van der Waals surface area contributed by atoms with Crippen LogP contribution in [-0.4, -0.2) is 34.6 Å². The third-order valence-electron chi connectivity index (χ3n) is 4.20. The Morgan fingerprint density at radius 2 is 2.15 bits per heavy atom. The first-order valence-corrected chi connectivity index (χ1v) is 9.20. The summed E-state index contributed by atoms with van der Waals surface area (Å²) in [4.78, 5) is 17.8. The maximum Gasteiger partial charge on any atom is 0.342 e. The van der Waals surface area contributed by atoms with Gasteiger partial charge in [-0.05, 0) is 44.2 Å². The number of hydrogen-bond acceptors (Lipinski definition) is 6. The number of phenols is 2. The number of esters is 1. The number of phenolic OH excluding ortho intramolecular Hbond substituents is 2. The van der Waals surface area contributed by atoms with Crippen LogP contribution in [-0.2, 0) is 16.0 Å². The van der Waals surface area contributed by atoms with Gasteiger partial charge in [-0.1, -0.05) is 30.0 Å². The Hall–Kier alpha value is -2.76. The first-order chi connectivity index (χ1) is 13.0. The van der Waals surface area contributed by atoms with Gasteiger partial charge >= 0.3 is 5.97 Å². The van der Waals surface area contributed by atoms with Crippen LogP contribution in [0.2, 0.25) is 0 Å². The average Bonchev–Trinajstić information content (AvgIpc) is 2.59. The van der Waals surface area contributed by atoms with Crippen molar-refractivity contribution in [3.8, 4) is 11.5 Å². The van der Waals surface area contributed by atoms with Crippen molar-refractivity contribution in [1.82, 2.24) is 0 Å². The molecule has 0 bridgehead atoms. The monoisotopic (exact) mass is 373 g/mol. The van der Waals surface area contributed by atoms with Gasteiger partial charge in [-0.15, -0.1) is 0 Å². The summed E-state index contributed by atoms with van der Waals surface area (Å²) in [6.07, 6.45) is 9.81. The Balaban J connectivity index is 2.38. The van der Waals surface area contributed by atoms with E-state index in [2.05, 4.69) is 17.8 Å². The van der Waals surface area contributed by atoms with E-state index in [0.717, 1.165) is 31.0 Å². The summed E-state index contributed by atoms with van der Waals surface area (Å²) >= 11 is 0. The Morgan fingerprint density at radius 1 is 1.33 bits per heavy atom. The van der Waals surface area contributed by atoms with Gasteiger partial charge < -0.3 is 19.8 Å². The van der Waals surface area contributed by atoms with Crippen LogP contribution in [0.25, 0.3) is 0 Å². The van der Waals surface area contributed by atoms with Crippen molar-refractivity contribution in [2.45, 2.75) is 51.6 Å². The van der Waals surface area contributed by atoms with Gasteiger partial charge in [-0.25, -0.2) is 4.79 Å². The number of benzene rings is 1. The van der Waals surface area contributed by atoms with Crippen molar-refractivity contribution < 1.29 is 24.6 Å². The second-order valence-corrected chi connectivity index (χ2v) is 6.59. The molecule has 1 heterocycles. The highest BCUT2D eigenvalue weighted by Gasteiger charge is 2.22. The van der Waals surface area contributed by atoms with Crippen LogP contribution >= 0.6 is 0 Å². The van der Waals surface area contributed by atoms with Crippen LogP contribution in [0.15, 0.2) is 42.1 Å². The summed E-state index contributed by atoms with van der Waals surface area (Å²) < 4.78 is 5.46. The van der Waals surface area contributed by atoms with E-state index in [1.165, 1.54) is 6.07 Å². The molecule has 6 nitrogen and oxygen atoms in total. The van der Waals surface area contributed by atoms with Crippen LogP contribution in [0.4, 0.5) is 0 Å². The van der Waals surface area contributed by atoms with Crippen LogP contribution in [0.5, 0.6) is 11.5 Å². The minimum Gasteiger partial charge on any atom is -0.508 e. The molecule has 0 aliphatic carbocycles. The summed E-state index contributed by atoms with van der Waals surface area (Å²) in [5.41, 5.74) is 1.24. The van der Waals surface area contributed by atoms with Gasteiger partial charge in [-0.2, -0.15) is 0 Å². The average molecular weight is 373 g/mol. The zero-order chi connectivity index (χ0) is 19.6. The predicted molar refractivity (Wildman–Crippen MR) is 104 cm³/mol. The molecule has 1 aromatic carbocycles. The van der Waals surface area contributed by atoms with Crippen LogP contribution in [0.3, 0.4) is 0 Å². The number of carbonyl (C=O) groups is 1. The third-order valence-corrected chi connectivity index (χ3v) is 4.20. The standard InChI is InChI=1S/C21H27NO5/c1-3-11-26-22-17-10-8-6-4-5-7-9-15(2)27-21(25)20-16(12-17)13-18(23)14-19(20)24/h3,5,7,13-15,23-24H,1,4,6,8-12H2,2H3/b7-5+,22-17+. The zero-order valence-electron chi connectivity index (χ0n) is 15.7. The first-order valence-electron chi connectivity index (χ1n) is 9.20. The highest BCUT2D eigenvalue weighted by atomic mass is 16.6. The predicted octanol–water partition coefficient (Wildman–Crippen LogP) is 4.26. The Morgan fingerprint density at radius 3 is 2.93 bits per heavy atom. The molecule has 0 amide bonds. The van der Waals surface area contributed by atoms with Gasteiger partial charge in [0.2, 0.25) is 0 Å². The molecule has 0 radical (unpaired) electrons. The lowest BCUT2D eigenvalue weighted by Gasteiger charge is -2.16. The maximum atomic E-state index is 12.6. The molecule has 2 rings (SSSR count). The molecule has 1 aliphatic rings. The first kappa shape index (κ1) is 20.6. The summed E-state index contributed by atoms with van der Waals surface area (Å²) in [5, 5.41) is 24.3. The maximum absolute atomic E-state index is 12.6. The molecule has 146 valence electrons. The summed E-state index contributed by atoms with van der Waals surface area (Å²) in [6.45, 7) is 5.68. The quantitative estimate of drug-likeness (QED) is 0.358. The highest BCUT2D eigenvalue weighted by molar-refractivity contribution is 5.97. The van der Waals surface area contributed by atoms with E-state index in [4.69, 9.17) is 9.57 Å². The topological polar surface area (TPSA) is 88.4 Å². The molecule has 1 aromatic rings. The molecule has 0 aromatic heterocycles. The number of fused-ring (bicyclic) bond motifs is 1. The number of cyclic esters (lactones) is 1. The number of nitrogens with zero attached hydrogens (tertiary/aromatic N) is 1. The van der Waals surface area contributed by atoms with Crippen molar-refractivity contribution in [2.24, 2.45) is 5.16 Å². The molecule has 2 N–H and O–H groups in total. The summed E-state index contributed by atoms with van der Waals surface area (Å²) in [7, 11) is 0. The fourth-order valence-corrected chi connectivity index (χ4v) is 2.90. The van der Waals surface area contributed by atoms with Gasteiger partial charge in [-0.3, -0.25) is 0 Å². The van der Waals surface area contributed by atoms with Crippen molar-refractivity contribution >= 4 is 11.7 Å². The van der Waals surface area contributed by atoms with E-state index >= 15 is 0 Å². The molecule has 0 spiro atoms. The lowest BCUT2D eigenvalue weighted by molar-refractivity contribution is 0.0343. The lowest BCUT2D eigenvalue weighted by atomic mass is 9.97. The third kappa shape index (κ3) is 6.47. The molecule has 0 fully saturated rings. The molecule has 0 saturated heterocycles. The smallest absolute Gasteiger partial charge is 0.342 e. The normalized spacial score (nSPS) is 21.6. The minimum absolute atomic E-state index is 0.0529. The van der Waals surface area contributed by atoms with Crippen molar-refractivity contribution in [2.75, 3.05) is 6.61 Å². The van der Waals surface area contributed by atoms with E-state index in [9.17, 15) is 15.0 Å². The fraction of sp³-hybridized carbons (Fsp3) is 0.429.